The van der Waals surface area contributed by atoms with Crippen LogP contribution in [-0.2, 0) is 11.3 Å². The van der Waals surface area contributed by atoms with Gasteiger partial charge < -0.3 is 9.88 Å². The van der Waals surface area contributed by atoms with Crippen molar-refractivity contribution in [3.05, 3.63) is 57.0 Å². The molecule has 1 amide bonds. The Morgan fingerprint density at radius 2 is 1.81 bits per heavy atom. The number of hydrogen-bond acceptors (Lipinski definition) is 4. The Morgan fingerprint density at radius 3 is 2.44 bits per heavy atom. The van der Waals surface area contributed by atoms with Crippen molar-refractivity contribution < 1.29 is 4.79 Å². The maximum atomic E-state index is 12.2. The number of aromatic nitrogens is 3. The third-order valence-electron chi connectivity index (χ3n) is 3.61. The molecule has 0 atom stereocenters. The second-order valence-corrected chi connectivity index (χ2v) is 8.28. The number of nitrogens with zero attached hydrogens (tertiary/aromatic N) is 3. The quantitative estimate of drug-likeness (QED) is 0.450. The van der Waals surface area contributed by atoms with E-state index in [1.54, 1.807) is 18.2 Å². The standard InChI is InChI=1S/C18H15BrCl2N4OS/c1-2-25-17(11-3-5-12(19)6-4-11)23-24-18(25)27-10-16(26)22-15-8-13(20)7-14(21)9-15/h3-9H,2,10H2,1H3,(H,22,26). The van der Waals surface area contributed by atoms with E-state index in [2.05, 4.69) is 31.4 Å². The Kier molecular flexibility index (Phi) is 6.81. The fourth-order valence-corrected chi connectivity index (χ4v) is 4.04. The van der Waals surface area contributed by atoms with E-state index in [-0.39, 0.29) is 11.7 Å². The second-order valence-electron chi connectivity index (χ2n) is 5.55. The summed E-state index contributed by atoms with van der Waals surface area (Å²) in [5.41, 5.74) is 1.53. The van der Waals surface area contributed by atoms with Crippen molar-refractivity contribution in [3.63, 3.8) is 0 Å². The van der Waals surface area contributed by atoms with E-state index >= 15 is 0 Å². The molecule has 1 N–H and O–H groups in total. The fraction of sp³-hybridized carbons (Fsp3) is 0.167. The molecule has 0 aliphatic carbocycles. The average Bonchev–Trinajstić information content (AvgIpc) is 3.02. The summed E-state index contributed by atoms with van der Waals surface area (Å²) in [5, 5.41) is 12.9. The average molecular weight is 486 g/mol. The molecular weight excluding hydrogens is 471 g/mol. The van der Waals surface area contributed by atoms with E-state index in [0.717, 1.165) is 15.9 Å². The van der Waals surface area contributed by atoms with Crippen molar-refractivity contribution in [3.8, 4) is 11.4 Å². The largest absolute Gasteiger partial charge is 0.325 e. The lowest BCUT2D eigenvalue weighted by atomic mass is 10.2. The Bertz CT molecular complexity index is 942. The van der Waals surface area contributed by atoms with Gasteiger partial charge in [-0.1, -0.05) is 63.0 Å². The number of anilines is 1. The predicted octanol–water partition coefficient (Wildman–Crippen LogP) is 5.77. The van der Waals surface area contributed by atoms with Crippen LogP contribution in [0.4, 0.5) is 5.69 Å². The zero-order valence-electron chi connectivity index (χ0n) is 14.2. The molecule has 1 aromatic heterocycles. The molecule has 0 spiro atoms. The SMILES string of the molecule is CCn1c(SCC(=O)Nc2cc(Cl)cc(Cl)c2)nnc1-c1ccc(Br)cc1. The van der Waals surface area contributed by atoms with Crippen LogP contribution < -0.4 is 5.32 Å². The van der Waals surface area contributed by atoms with E-state index < -0.39 is 0 Å². The van der Waals surface area contributed by atoms with Crippen LogP contribution in [0.15, 0.2) is 52.1 Å². The molecule has 0 saturated heterocycles. The number of nitrogens with one attached hydrogen (secondary N) is 1. The van der Waals surface area contributed by atoms with Crippen molar-refractivity contribution in [2.75, 3.05) is 11.1 Å². The normalized spacial score (nSPS) is 10.8. The lowest BCUT2D eigenvalue weighted by Crippen LogP contribution is -2.14. The monoisotopic (exact) mass is 484 g/mol. The number of benzene rings is 2. The molecule has 2 aromatic carbocycles. The van der Waals surface area contributed by atoms with Gasteiger partial charge in [0.05, 0.1) is 5.75 Å². The maximum absolute atomic E-state index is 12.2. The molecule has 1 heterocycles. The van der Waals surface area contributed by atoms with Gasteiger partial charge in [0, 0.05) is 32.3 Å². The number of halogens is 3. The first kappa shape index (κ1) is 20.2. The van der Waals surface area contributed by atoms with Crippen molar-refractivity contribution in [1.29, 1.82) is 0 Å². The Labute approximate surface area is 179 Å². The van der Waals surface area contributed by atoms with Crippen LogP contribution in [0.1, 0.15) is 6.92 Å². The second kappa shape index (κ2) is 9.10. The summed E-state index contributed by atoms with van der Waals surface area (Å²) in [7, 11) is 0. The molecule has 3 aromatic rings. The molecule has 9 heteroatoms. The van der Waals surface area contributed by atoms with E-state index in [4.69, 9.17) is 23.2 Å². The van der Waals surface area contributed by atoms with Gasteiger partial charge in [-0.25, -0.2) is 0 Å². The van der Waals surface area contributed by atoms with Gasteiger partial charge >= 0.3 is 0 Å². The van der Waals surface area contributed by atoms with Crippen LogP contribution in [0.3, 0.4) is 0 Å². The summed E-state index contributed by atoms with van der Waals surface area (Å²) in [6.45, 7) is 2.72. The van der Waals surface area contributed by atoms with Gasteiger partial charge in [-0.15, -0.1) is 10.2 Å². The van der Waals surface area contributed by atoms with Crippen LogP contribution in [0.25, 0.3) is 11.4 Å². The van der Waals surface area contributed by atoms with Crippen molar-refractivity contribution in [1.82, 2.24) is 14.8 Å². The summed E-state index contributed by atoms with van der Waals surface area (Å²) in [6, 6.07) is 12.8. The minimum atomic E-state index is -0.172. The first-order chi connectivity index (χ1) is 13.0. The van der Waals surface area contributed by atoms with Crippen LogP contribution in [0.2, 0.25) is 10.0 Å². The van der Waals surface area contributed by atoms with Gasteiger partial charge in [0.2, 0.25) is 5.91 Å². The molecule has 0 saturated carbocycles. The van der Waals surface area contributed by atoms with E-state index in [0.29, 0.717) is 27.4 Å². The fourth-order valence-electron chi connectivity index (χ4n) is 2.45. The van der Waals surface area contributed by atoms with Gasteiger partial charge in [-0.05, 0) is 37.3 Å². The van der Waals surface area contributed by atoms with Crippen LogP contribution in [0.5, 0.6) is 0 Å². The molecule has 0 aliphatic heterocycles. The van der Waals surface area contributed by atoms with Gasteiger partial charge in [0.1, 0.15) is 0 Å². The first-order valence-electron chi connectivity index (χ1n) is 8.04. The van der Waals surface area contributed by atoms with Gasteiger partial charge in [0.25, 0.3) is 0 Å². The third-order valence-corrected chi connectivity index (χ3v) is 5.55. The molecular formula is C18H15BrCl2N4OS. The molecule has 0 fully saturated rings. The zero-order valence-corrected chi connectivity index (χ0v) is 18.2. The Hall–Kier alpha value is -1.54. The summed E-state index contributed by atoms with van der Waals surface area (Å²) in [5.74, 6) is 0.798. The molecule has 3 rings (SSSR count). The lowest BCUT2D eigenvalue weighted by molar-refractivity contribution is -0.113. The number of amides is 1. The molecule has 140 valence electrons. The highest BCUT2D eigenvalue weighted by molar-refractivity contribution is 9.10. The van der Waals surface area contributed by atoms with E-state index in [1.165, 1.54) is 11.8 Å². The highest BCUT2D eigenvalue weighted by Gasteiger charge is 2.15. The van der Waals surface area contributed by atoms with Gasteiger partial charge in [-0.2, -0.15) is 0 Å². The predicted molar refractivity (Wildman–Crippen MR) is 115 cm³/mol. The molecule has 5 nitrogen and oxygen atoms in total. The minimum absolute atomic E-state index is 0.172. The molecule has 0 bridgehead atoms. The Morgan fingerprint density at radius 1 is 1.15 bits per heavy atom. The van der Waals surface area contributed by atoms with Crippen LogP contribution >= 0.6 is 50.9 Å². The van der Waals surface area contributed by atoms with E-state index in [1.807, 2.05) is 35.8 Å². The molecule has 0 aliphatic rings. The van der Waals surface area contributed by atoms with Gasteiger partial charge in [-0.3, -0.25) is 4.79 Å². The smallest absolute Gasteiger partial charge is 0.234 e. The number of carbonyl (C=O) groups is 1. The first-order valence-corrected chi connectivity index (χ1v) is 10.6. The summed E-state index contributed by atoms with van der Waals surface area (Å²) >= 11 is 16.7. The number of rotatable bonds is 6. The number of hydrogen-bond donors (Lipinski definition) is 1. The minimum Gasteiger partial charge on any atom is -0.325 e. The topological polar surface area (TPSA) is 59.8 Å². The van der Waals surface area contributed by atoms with Crippen molar-refractivity contribution in [2.45, 2.75) is 18.6 Å². The number of thioether (sulfide) groups is 1. The maximum Gasteiger partial charge on any atom is 0.234 e. The Balaban J connectivity index is 1.69. The lowest BCUT2D eigenvalue weighted by Gasteiger charge is -2.08. The molecule has 27 heavy (non-hydrogen) atoms. The highest BCUT2D eigenvalue weighted by atomic mass is 79.9. The zero-order chi connectivity index (χ0) is 19.4. The summed E-state index contributed by atoms with van der Waals surface area (Å²) in [4.78, 5) is 12.2. The number of carbonyl (C=O) groups excluding carboxylic acids is 1. The summed E-state index contributed by atoms with van der Waals surface area (Å²) in [6.07, 6.45) is 0. The van der Waals surface area contributed by atoms with Crippen LogP contribution in [-0.4, -0.2) is 26.4 Å². The highest BCUT2D eigenvalue weighted by Crippen LogP contribution is 2.26. The summed E-state index contributed by atoms with van der Waals surface area (Å²) < 4.78 is 2.98. The van der Waals surface area contributed by atoms with Crippen LogP contribution in [0, 0.1) is 0 Å². The third kappa shape index (κ3) is 5.25. The van der Waals surface area contributed by atoms with Crippen molar-refractivity contribution >= 4 is 62.5 Å². The van der Waals surface area contributed by atoms with Gasteiger partial charge in [0.15, 0.2) is 11.0 Å². The van der Waals surface area contributed by atoms with Crippen molar-refractivity contribution in [2.24, 2.45) is 0 Å². The molecule has 0 unspecified atom stereocenters. The van der Waals surface area contributed by atoms with E-state index in [9.17, 15) is 4.79 Å². The molecule has 0 radical (unpaired) electrons.